The van der Waals surface area contributed by atoms with Crippen LogP contribution in [0.5, 0.6) is 0 Å². The van der Waals surface area contributed by atoms with Crippen LogP contribution >= 0.6 is 0 Å². The highest BCUT2D eigenvalue weighted by molar-refractivity contribution is 5.98. The van der Waals surface area contributed by atoms with Crippen molar-refractivity contribution in [2.75, 3.05) is 25.5 Å². The van der Waals surface area contributed by atoms with E-state index in [1.165, 1.54) is 0 Å². The van der Waals surface area contributed by atoms with Crippen molar-refractivity contribution in [1.82, 2.24) is 10.3 Å². The molecule has 0 bridgehead atoms. The molecular weight excluding hydrogens is 242 g/mol. The fraction of sp³-hybridized carbons (Fsp3) is 0.571. The first-order valence-electron chi connectivity index (χ1n) is 6.56. The van der Waals surface area contributed by atoms with Crippen molar-refractivity contribution in [3.05, 3.63) is 23.9 Å². The minimum absolute atomic E-state index is 0.211. The molecule has 1 aromatic rings. The largest absolute Gasteiger partial charge is 0.388 e. The quantitative estimate of drug-likeness (QED) is 0.816. The summed E-state index contributed by atoms with van der Waals surface area (Å²) in [6.45, 7) is 4.07. The smallest absolute Gasteiger partial charge is 0.255 e. The summed E-state index contributed by atoms with van der Waals surface area (Å²) in [6, 6.07) is 3.46. The van der Waals surface area contributed by atoms with Crippen LogP contribution in [0.4, 0.5) is 5.82 Å². The molecule has 106 valence electrons. The standard InChI is InChI=1S/C14H23N3O2/c1-5-14(19,6-2)10-16-13(18)11-8-7-9-15-12(11)17(3)4/h7-9,19H,5-6,10H2,1-4H3,(H,16,18). The van der Waals surface area contributed by atoms with Gasteiger partial charge in [-0.25, -0.2) is 4.98 Å². The van der Waals surface area contributed by atoms with Gasteiger partial charge in [0.05, 0.1) is 11.2 Å². The van der Waals surface area contributed by atoms with E-state index in [4.69, 9.17) is 0 Å². The molecule has 0 aliphatic heterocycles. The zero-order valence-electron chi connectivity index (χ0n) is 12.1. The van der Waals surface area contributed by atoms with Crippen molar-refractivity contribution < 1.29 is 9.90 Å². The first-order valence-corrected chi connectivity index (χ1v) is 6.56. The van der Waals surface area contributed by atoms with Crippen LogP contribution in [0.3, 0.4) is 0 Å². The molecule has 5 nitrogen and oxygen atoms in total. The van der Waals surface area contributed by atoms with Crippen LogP contribution in [-0.2, 0) is 0 Å². The van der Waals surface area contributed by atoms with Crippen molar-refractivity contribution in [3.63, 3.8) is 0 Å². The molecule has 0 aliphatic rings. The van der Waals surface area contributed by atoms with Crippen LogP contribution in [0, 0.1) is 0 Å². The minimum Gasteiger partial charge on any atom is -0.388 e. The number of aliphatic hydroxyl groups is 1. The number of nitrogens with one attached hydrogen (secondary N) is 1. The SMILES string of the molecule is CCC(O)(CC)CNC(=O)c1cccnc1N(C)C. The molecule has 0 saturated carbocycles. The summed E-state index contributed by atoms with van der Waals surface area (Å²) < 4.78 is 0. The number of aromatic nitrogens is 1. The number of carbonyl (C=O) groups is 1. The summed E-state index contributed by atoms with van der Waals surface area (Å²) >= 11 is 0. The lowest BCUT2D eigenvalue weighted by atomic mass is 9.97. The van der Waals surface area contributed by atoms with Gasteiger partial charge in [-0.15, -0.1) is 0 Å². The van der Waals surface area contributed by atoms with Crippen LogP contribution in [-0.4, -0.2) is 42.2 Å². The molecular formula is C14H23N3O2. The highest BCUT2D eigenvalue weighted by Crippen LogP contribution is 2.16. The first kappa shape index (κ1) is 15.4. The Hall–Kier alpha value is -1.62. The lowest BCUT2D eigenvalue weighted by Gasteiger charge is -2.25. The number of pyridine rings is 1. The maximum Gasteiger partial charge on any atom is 0.255 e. The number of rotatable bonds is 6. The second-order valence-corrected chi connectivity index (χ2v) is 4.88. The summed E-state index contributed by atoms with van der Waals surface area (Å²) in [6.07, 6.45) is 2.87. The highest BCUT2D eigenvalue weighted by Gasteiger charge is 2.23. The molecule has 0 atom stereocenters. The Morgan fingerprint density at radius 1 is 1.42 bits per heavy atom. The van der Waals surface area contributed by atoms with Gasteiger partial charge >= 0.3 is 0 Å². The normalized spacial score (nSPS) is 11.2. The third kappa shape index (κ3) is 3.92. The number of anilines is 1. The molecule has 0 spiro atoms. The van der Waals surface area contributed by atoms with E-state index in [0.717, 1.165) is 0 Å². The summed E-state index contributed by atoms with van der Waals surface area (Å²) in [5.41, 5.74) is -0.321. The Bertz CT molecular complexity index is 428. The minimum atomic E-state index is -0.837. The van der Waals surface area contributed by atoms with Gasteiger partial charge in [0, 0.05) is 26.8 Å². The Balaban J connectivity index is 2.79. The Kier molecular flexibility index (Phi) is 5.30. The van der Waals surface area contributed by atoms with E-state index in [1.807, 2.05) is 27.9 Å². The van der Waals surface area contributed by atoms with Crippen molar-refractivity contribution >= 4 is 11.7 Å². The lowest BCUT2D eigenvalue weighted by Crippen LogP contribution is -2.42. The van der Waals surface area contributed by atoms with Crippen molar-refractivity contribution in [2.24, 2.45) is 0 Å². The van der Waals surface area contributed by atoms with Gasteiger partial charge in [-0.05, 0) is 25.0 Å². The second kappa shape index (κ2) is 6.52. The van der Waals surface area contributed by atoms with Gasteiger partial charge in [-0.1, -0.05) is 13.8 Å². The number of hydrogen-bond donors (Lipinski definition) is 2. The monoisotopic (exact) mass is 265 g/mol. The summed E-state index contributed by atoms with van der Waals surface area (Å²) in [4.78, 5) is 18.1. The molecule has 0 unspecified atom stereocenters. The first-order chi connectivity index (χ1) is 8.93. The van der Waals surface area contributed by atoms with Crippen LogP contribution in [0.25, 0.3) is 0 Å². The molecule has 19 heavy (non-hydrogen) atoms. The Morgan fingerprint density at radius 2 is 2.05 bits per heavy atom. The van der Waals surface area contributed by atoms with E-state index in [1.54, 1.807) is 23.2 Å². The highest BCUT2D eigenvalue weighted by atomic mass is 16.3. The summed E-state index contributed by atoms with van der Waals surface area (Å²) in [5, 5.41) is 12.9. The van der Waals surface area contributed by atoms with E-state index in [0.29, 0.717) is 24.2 Å². The average Bonchev–Trinajstić information content (AvgIpc) is 2.44. The topological polar surface area (TPSA) is 65.5 Å². The summed E-state index contributed by atoms with van der Waals surface area (Å²) in [5.74, 6) is 0.411. The third-order valence-corrected chi connectivity index (χ3v) is 3.35. The van der Waals surface area contributed by atoms with Crippen LogP contribution in [0.2, 0.25) is 0 Å². The molecule has 5 heteroatoms. The Morgan fingerprint density at radius 3 is 2.58 bits per heavy atom. The van der Waals surface area contributed by atoms with Crippen molar-refractivity contribution in [2.45, 2.75) is 32.3 Å². The van der Waals surface area contributed by atoms with Gasteiger partial charge in [0.2, 0.25) is 0 Å². The van der Waals surface area contributed by atoms with E-state index in [-0.39, 0.29) is 12.5 Å². The van der Waals surface area contributed by atoms with E-state index < -0.39 is 5.60 Å². The number of amides is 1. The maximum absolute atomic E-state index is 12.2. The van der Waals surface area contributed by atoms with Crippen LogP contribution in [0.15, 0.2) is 18.3 Å². The molecule has 0 aromatic carbocycles. The van der Waals surface area contributed by atoms with Crippen LogP contribution in [0.1, 0.15) is 37.0 Å². The molecule has 0 radical (unpaired) electrons. The zero-order chi connectivity index (χ0) is 14.5. The van der Waals surface area contributed by atoms with Gasteiger partial charge in [0.15, 0.2) is 0 Å². The average molecular weight is 265 g/mol. The molecule has 0 saturated heterocycles. The fourth-order valence-corrected chi connectivity index (χ4v) is 1.77. The van der Waals surface area contributed by atoms with E-state index in [2.05, 4.69) is 10.3 Å². The van der Waals surface area contributed by atoms with E-state index in [9.17, 15) is 9.90 Å². The second-order valence-electron chi connectivity index (χ2n) is 4.88. The van der Waals surface area contributed by atoms with Gasteiger partial charge in [-0.2, -0.15) is 0 Å². The predicted molar refractivity (Wildman–Crippen MR) is 76.4 cm³/mol. The predicted octanol–water partition coefficient (Wildman–Crippen LogP) is 1.43. The van der Waals surface area contributed by atoms with Crippen molar-refractivity contribution in [1.29, 1.82) is 0 Å². The molecule has 1 aromatic heterocycles. The Labute approximate surface area is 114 Å². The maximum atomic E-state index is 12.2. The molecule has 0 aliphatic carbocycles. The number of hydrogen-bond acceptors (Lipinski definition) is 4. The van der Waals surface area contributed by atoms with Gasteiger partial charge < -0.3 is 15.3 Å². The van der Waals surface area contributed by atoms with Gasteiger partial charge in [0.25, 0.3) is 5.91 Å². The molecule has 2 N–H and O–H groups in total. The molecule has 1 amide bonds. The number of nitrogens with zero attached hydrogens (tertiary/aromatic N) is 2. The lowest BCUT2D eigenvalue weighted by molar-refractivity contribution is 0.0314. The van der Waals surface area contributed by atoms with Gasteiger partial charge in [-0.3, -0.25) is 4.79 Å². The molecule has 0 fully saturated rings. The molecule has 1 rings (SSSR count). The third-order valence-electron chi connectivity index (χ3n) is 3.35. The van der Waals surface area contributed by atoms with E-state index >= 15 is 0 Å². The summed E-state index contributed by atoms with van der Waals surface area (Å²) in [7, 11) is 3.68. The fourth-order valence-electron chi connectivity index (χ4n) is 1.77. The number of carbonyl (C=O) groups excluding carboxylic acids is 1. The van der Waals surface area contributed by atoms with Gasteiger partial charge in [0.1, 0.15) is 5.82 Å². The zero-order valence-corrected chi connectivity index (χ0v) is 12.1. The molecule has 1 heterocycles. The van der Waals surface area contributed by atoms with Crippen molar-refractivity contribution in [3.8, 4) is 0 Å². The van der Waals surface area contributed by atoms with Crippen LogP contribution < -0.4 is 10.2 Å².